The fourth-order valence-corrected chi connectivity index (χ4v) is 2.63. The predicted octanol–water partition coefficient (Wildman–Crippen LogP) is 3.36. The van der Waals surface area contributed by atoms with Gasteiger partial charge in [-0.3, -0.25) is 14.9 Å². The number of nitrogens with one attached hydrogen (secondary N) is 1. The topological polar surface area (TPSA) is 112 Å². The smallest absolute Gasteiger partial charge is 0.344 e. The lowest BCUT2D eigenvalue weighted by Crippen LogP contribution is -2.16. The zero-order valence-electron chi connectivity index (χ0n) is 14.4. The number of nitrogens with zero attached hydrogens (tertiary/aromatic N) is 1. The Morgan fingerprint density at radius 2 is 2.00 bits per heavy atom. The van der Waals surface area contributed by atoms with E-state index in [-0.39, 0.29) is 35.2 Å². The highest BCUT2D eigenvalue weighted by Gasteiger charge is 2.29. The summed E-state index contributed by atoms with van der Waals surface area (Å²) < 4.78 is 15.6. The van der Waals surface area contributed by atoms with Gasteiger partial charge >= 0.3 is 5.97 Å². The zero-order valence-corrected chi connectivity index (χ0v) is 14.4. The van der Waals surface area contributed by atoms with E-state index in [0.29, 0.717) is 16.7 Å². The summed E-state index contributed by atoms with van der Waals surface area (Å²) in [5.74, 6) is -1.53. The van der Waals surface area contributed by atoms with E-state index >= 15 is 0 Å². The lowest BCUT2D eigenvalue weighted by molar-refractivity contribution is 0.0524. The van der Waals surface area contributed by atoms with Crippen molar-refractivity contribution < 1.29 is 28.0 Å². The first-order valence-electron chi connectivity index (χ1n) is 7.88. The molecule has 2 aromatic heterocycles. The SMILES string of the molecule is CCOC(=O)c1c(NC(=O)c2ccc3ocnc3c2)oc(C)c1C(C)=O. The number of rotatable bonds is 5. The van der Waals surface area contributed by atoms with Crippen LogP contribution >= 0.6 is 0 Å². The number of ether oxygens (including phenoxy) is 1. The van der Waals surface area contributed by atoms with Gasteiger partial charge in [0.15, 0.2) is 17.8 Å². The number of carbonyl (C=O) groups excluding carboxylic acids is 3. The van der Waals surface area contributed by atoms with Crippen molar-refractivity contribution in [2.24, 2.45) is 0 Å². The van der Waals surface area contributed by atoms with Crippen molar-refractivity contribution in [2.45, 2.75) is 20.8 Å². The number of esters is 1. The molecule has 1 amide bonds. The van der Waals surface area contributed by atoms with E-state index in [4.69, 9.17) is 13.6 Å². The second kappa shape index (κ2) is 6.83. The van der Waals surface area contributed by atoms with Crippen LogP contribution in [0.3, 0.4) is 0 Å². The molecule has 0 spiro atoms. The molecule has 1 N–H and O–H groups in total. The van der Waals surface area contributed by atoms with Crippen LogP contribution in [-0.2, 0) is 4.74 Å². The molecule has 0 radical (unpaired) electrons. The molecule has 0 bridgehead atoms. The summed E-state index contributed by atoms with van der Waals surface area (Å²) in [5.41, 5.74) is 1.35. The molecule has 0 aliphatic rings. The highest BCUT2D eigenvalue weighted by molar-refractivity contribution is 6.13. The molecule has 0 saturated heterocycles. The van der Waals surface area contributed by atoms with Gasteiger partial charge in [0.25, 0.3) is 5.91 Å². The largest absolute Gasteiger partial charge is 0.462 e. The number of aromatic nitrogens is 1. The third-order valence-corrected chi connectivity index (χ3v) is 3.74. The Morgan fingerprint density at radius 1 is 1.23 bits per heavy atom. The third-order valence-electron chi connectivity index (χ3n) is 3.74. The number of amides is 1. The molecule has 0 atom stereocenters. The lowest BCUT2D eigenvalue weighted by atomic mass is 10.1. The molecule has 8 heteroatoms. The van der Waals surface area contributed by atoms with Gasteiger partial charge in [-0.05, 0) is 39.0 Å². The van der Waals surface area contributed by atoms with Gasteiger partial charge in [0.1, 0.15) is 16.8 Å². The van der Waals surface area contributed by atoms with Gasteiger partial charge in [0.2, 0.25) is 5.88 Å². The molecular formula is C18H16N2O6. The summed E-state index contributed by atoms with van der Waals surface area (Å²) in [6.45, 7) is 4.61. The fraction of sp³-hybridized carbons (Fsp3) is 0.222. The van der Waals surface area contributed by atoms with Crippen molar-refractivity contribution in [3.63, 3.8) is 0 Å². The van der Waals surface area contributed by atoms with Gasteiger partial charge in [-0.15, -0.1) is 0 Å². The number of benzene rings is 1. The second-order valence-electron chi connectivity index (χ2n) is 5.50. The Hall–Kier alpha value is -3.42. The Kier molecular flexibility index (Phi) is 4.57. The minimum atomic E-state index is -0.739. The third kappa shape index (κ3) is 3.08. The highest BCUT2D eigenvalue weighted by Crippen LogP contribution is 2.29. The van der Waals surface area contributed by atoms with Crippen LogP contribution in [0.15, 0.2) is 33.4 Å². The molecule has 8 nitrogen and oxygen atoms in total. The summed E-state index contributed by atoms with van der Waals surface area (Å²) in [6.07, 6.45) is 1.28. The molecule has 1 aromatic carbocycles. The van der Waals surface area contributed by atoms with E-state index in [1.807, 2.05) is 0 Å². The molecule has 0 saturated carbocycles. The van der Waals surface area contributed by atoms with E-state index < -0.39 is 11.9 Å². The molecule has 134 valence electrons. The van der Waals surface area contributed by atoms with Crippen LogP contribution in [0.4, 0.5) is 5.88 Å². The number of ketones is 1. The maximum absolute atomic E-state index is 12.5. The second-order valence-corrected chi connectivity index (χ2v) is 5.50. The average Bonchev–Trinajstić information content (AvgIpc) is 3.18. The molecule has 0 aliphatic heterocycles. The first-order chi connectivity index (χ1) is 12.4. The van der Waals surface area contributed by atoms with Gasteiger partial charge in [-0.1, -0.05) is 0 Å². The Morgan fingerprint density at radius 3 is 2.69 bits per heavy atom. The monoisotopic (exact) mass is 356 g/mol. The molecule has 2 heterocycles. The van der Waals surface area contributed by atoms with Crippen molar-refractivity contribution in [1.29, 1.82) is 0 Å². The fourth-order valence-electron chi connectivity index (χ4n) is 2.63. The first kappa shape index (κ1) is 17.4. The molecule has 3 rings (SSSR count). The predicted molar refractivity (Wildman–Crippen MR) is 91.4 cm³/mol. The van der Waals surface area contributed by atoms with E-state index in [1.165, 1.54) is 20.2 Å². The van der Waals surface area contributed by atoms with Crippen LogP contribution in [0.1, 0.15) is 50.7 Å². The van der Waals surface area contributed by atoms with E-state index in [0.717, 1.165) is 0 Å². The molecule has 3 aromatic rings. The molecule has 0 unspecified atom stereocenters. The number of oxazole rings is 1. The summed E-state index contributed by atoms with van der Waals surface area (Å²) >= 11 is 0. The van der Waals surface area contributed by atoms with Crippen molar-refractivity contribution in [3.05, 3.63) is 47.0 Å². The summed E-state index contributed by atoms with van der Waals surface area (Å²) in [7, 11) is 0. The standard InChI is InChI=1S/C18H16N2O6/c1-4-24-18(23)15-14(9(2)21)10(3)26-17(15)20-16(22)11-5-6-13-12(7-11)19-8-25-13/h5-8H,4H2,1-3H3,(H,20,22). The first-order valence-corrected chi connectivity index (χ1v) is 7.88. The van der Waals surface area contributed by atoms with E-state index in [9.17, 15) is 14.4 Å². The number of carbonyl (C=O) groups is 3. The highest BCUT2D eigenvalue weighted by atomic mass is 16.5. The Labute approximate surface area is 148 Å². The van der Waals surface area contributed by atoms with Gasteiger partial charge < -0.3 is 13.6 Å². The summed E-state index contributed by atoms with van der Waals surface area (Å²) in [6, 6.07) is 4.70. The maximum Gasteiger partial charge on any atom is 0.344 e. The van der Waals surface area contributed by atoms with Crippen molar-refractivity contribution in [3.8, 4) is 0 Å². The minimum absolute atomic E-state index is 0.0886. The Balaban J connectivity index is 1.97. The molecule has 26 heavy (non-hydrogen) atoms. The number of Topliss-reactive ketones (excluding diaryl/α,β-unsaturated/α-hetero) is 1. The number of furan rings is 1. The Bertz CT molecular complexity index is 1010. The van der Waals surface area contributed by atoms with Crippen molar-refractivity contribution >= 4 is 34.6 Å². The zero-order chi connectivity index (χ0) is 18.8. The minimum Gasteiger partial charge on any atom is -0.462 e. The molecular weight excluding hydrogens is 340 g/mol. The van der Waals surface area contributed by atoms with Gasteiger partial charge in [-0.2, -0.15) is 0 Å². The van der Waals surface area contributed by atoms with Crippen LogP contribution in [0.2, 0.25) is 0 Å². The number of anilines is 1. The van der Waals surface area contributed by atoms with Crippen molar-refractivity contribution in [1.82, 2.24) is 4.98 Å². The molecule has 0 aliphatic carbocycles. The number of aryl methyl sites for hydroxylation is 1. The quantitative estimate of drug-likeness (QED) is 0.551. The van der Waals surface area contributed by atoms with E-state index in [2.05, 4.69) is 10.3 Å². The van der Waals surface area contributed by atoms with Crippen LogP contribution in [0.25, 0.3) is 11.1 Å². The van der Waals surface area contributed by atoms with Crippen LogP contribution in [0, 0.1) is 6.92 Å². The normalized spacial score (nSPS) is 10.7. The number of hydrogen-bond donors (Lipinski definition) is 1. The van der Waals surface area contributed by atoms with Gasteiger partial charge in [-0.25, -0.2) is 9.78 Å². The van der Waals surface area contributed by atoms with Crippen LogP contribution in [0.5, 0.6) is 0 Å². The van der Waals surface area contributed by atoms with E-state index in [1.54, 1.807) is 25.1 Å². The molecule has 0 fully saturated rings. The van der Waals surface area contributed by atoms with Crippen LogP contribution in [-0.4, -0.2) is 29.3 Å². The van der Waals surface area contributed by atoms with Crippen molar-refractivity contribution in [2.75, 3.05) is 11.9 Å². The number of fused-ring (bicyclic) bond motifs is 1. The average molecular weight is 356 g/mol. The maximum atomic E-state index is 12.5. The van der Waals surface area contributed by atoms with Gasteiger partial charge in [0.05, 0.1) is 12.2 Å². The van der Waals surface area contributed by atoms with Gasteiger partial charge in [0, 0.05) is 5.56 Å². The van der Waals surface area contributed by atoms with Crippen LogP contribution < -0.4 is 5.32 Å². The number of hydrogen-bond acceptors (Lipinski definition) is 7. The summed E-state index contributed by atoms with van der Waals surface area (Å²) in [4.78, 5) is 40.7. The summed E-state index contributed by atoms with van der Waals surface area (Å²) in [5, 5.41) is 2.52. The lowest BCUT2D eigenvalue weighted by Gasteiger charge is -2.06.